The molecule has 0 saturated carbocycles. The molecule has 0 atom stereocenters. The van der Waals surface area contributed by atoms with Crippen molar-refractivity contribution < 1.29 is 15.0 Å². The summed E-state index contributed by atoms with van der Waals surface area (Å²) in [6.07, 6.45) is 3.36. The number of aryl methyl sites for hydroxylation is 1. The van der Waals surface area contributed by atoms with E-state index >= 15 is 0 Å². The molecule has 136 valence electrons. The monoisotopic (exact) mass is 380 g/mol. The van der Waals surface area contributed by atoms with E-state index in [2.05, 4.69) is 4.98 Å². The third-order valence-corrected chi connectivity index (χ3v) is 4.99. The molecule has 1 amide bonds. The lowest BCUT2D eigenvalue weighted by Gasteiger charge is -2.30. The van der Waals surface area contributed by atoms with Crippen LogP contribution in [0.1, 0.15) is 22.3 Å². The number of aromatic hydroxyl groups is 2. The van der Waals surface area contributed by atoms with Gasteiger partial charge in [0, 0.05) is 30.1 Å². The van der Waals surface area contributed by atoms with E-state index in [1.54, 1.807) is 23.2 Å². The van der Waals surface area contributed by atoms with Gasteiger partial charge >= 0.3 is 0 Å². The highest BCUT2D eigenvalue weighted by Gasteiger charge is 2.26. The maximum absolute atomic E-state index is 13.0. The minimum Gasteiger partial charge on any atom is -0.508 e. The van der Waals surface area contributed by atoms with E-state index in [4.69, 9.17) is 11.6 Å². The van der Waals surface area contributed by atoms with Crippen molar-refractivity contribution in [2.75, 3.05) is 11.4 Å². The van der Waals surface area contributed by atoms with Gasteiger partial charge in [0.1, 0.15) is 11.5 Å². The first-order valence-electron chi connectivity index (χ1n) is 8.62. The molecule has 2 N–H and O–H groups in total. The molecule has 0 unspecified atom stereocenters. The van der Waals surface area contributed by atoms with E-state index in [0.717, 1.165) is 29.7 Å². The molecule has 5 nitrogen and oxygen atoms in total. The van der Waals surface area contributed by atoms with E-state index in [0.29, 0.717) is 17.3 Å². The largest absolute Gasteiger partial charge is 0.508 e. The minimum absolute atomic E-state index is 0.0834. The van der Waals surface area contributed by atoms with Crippen LogP contribution in [0.4, 0.5) is 5.69 Å². The Kier molecular flexibility index (Phi) is 4.46. The first kappa shape index (κ1) is 17.4. The van der Waals surface area contributed by atoms with Crippen LogP contribution in [0.3, 0.4) is 0 Å². The highest BCUT2D eigenvalue weighted by atomic mass is 35.5. The number of pyridine rings is 1. The van der Waals surface area contributed by atoms with Gasteiger partial charge in [0.25, 0.3) is 5.91 Å². The lowest BCUT2D eigenvalue weighted by Crippen LogP contribution is -2.35. The molecule has 4 rings (SSSR count). The summed E-state index contributed by atoms with van der Waals surface area (Å²) in [5, 5.41) is 20.1. The number of halogens is 1. The van der Waals surface area contributed by atoms with Gasteiger partial charge in [-0.25, -0.2) is 0 Å². The van der Waals surface area contributed by atoms with Gasteiger partial charge in [-0.1, -0.05) is 17.7 Å². The molecule has 3 aromatic rings. The molecule has 27 heavy (non-hydrogen) atoms. The smallest absolute Gasteiger partial charge is 0.262 e. The Labute approximate surface area is 161 Å². The fourth-order valence-electron chi connectivity index (χ4n) is 3.40. The number of phenols is 2. The molecule has 0 fully saturated rings. The van der Waals surface area contributed by atoms with Gasteiger partial charge in [0.2, 0.25) is 0 Å². The van der Waals surface area contributed by atoms with Crippen molar-refractivity contribution in [2.24, 2.45) is 0 Å². The Morgan fingerprint density at radius 3 is 2.74 bits per heavy atom. The molecule has 0 saturated heterocycles. The van der Waals surface area contributed by atoms with Crippen molar-refractivity contribution in [3.63, 3.8) is 0 Å². The van der Waals surface area contributed by atoms with Crippen LogP contribution in [-0.4, -0.2) is 27.6 Å². The number of fused-ring (bicyclic) bond motifs is 1. The summed E-state index contributed by atoms with van der Waals surface area (Å²) >= 11 is 6.26. The van der Waals surface area contributed by atoms with Gasteiger partial charge < -0.3 is 15.1 Å². The summed E-state index contributed by atoms with van der Waals surface area (Å²) in [6, 6.07) is 13.4. The molecule has 2 aromatic carbocycles. The third-order valence-electron chi connectivity index (χ3n) is 4.69. The lowest BCUT2D eigenvalue weighted by molar-refractivity contribution is 0.0982. The number of carbonyl (C=O) groups excluding carboxylic acids is 1. The summed E-state index contributed by atoms with van der Waals surface area (Å²) in [5.74, 6) is -0.610. The molecular formula is C21H17ClN2O3. The van der Waals surface area contributed by atoms with E-state index < -0.39 is 0 Å². The van der Waals surface area contributed by atoms with Gasteiger partial charge in [-0.15, -0.1) is 0 Å². The van der Waals surface area contributed by atoms with Crippen molar-refractivity contribution in [1.82, 2.24) is 4.98 Å². The number of amides is 1. The van der Waals surface area contributed by atoms with E-state index in [1.807, 2.05) is 18.2 Å². The van der Waals surface area contributed by atoms with Crippen LogP contribution >= 0.6 is 11.6 Å². The average molecular weight is 381 g/mol. The lowest BCUT2D eigenvalue weighted by atomic mass is 9.97. The van der Waals surface area contributed by atoms with Gasteiger partial charge in [-0.2, -0.15) is 0 Å². The Morgan fingerprint density at radius 1 is 1.11 bits per heavy atom. The number of aromatic nitrogens is 1. The summed E-state index contributed by atoms with van der Waals surface area (Å²) in [6.45, 7) is 0.565. The van der Waals surface area contributed by atoms with Crippen LogP contribution in [0.2, 0.25) is 5.02 Å². The van der Waals surface area contributed by atoms with Crippen LogP contribution in [0, 0.1) is 0 Å². The van der Waals surface area contributed by atoms with Crippen molar-refractivity contribution in [2.45, 2.75) is 12.8 Å². The van der Waals surface area contributed by atoms with Crippen molar-refractivity contribution in [3.8, 4) is 22.8 Å². The van der Waals surface area contributed by atoms with Gasteiger partial charge in [-0.3, -0.25) is 9.78 Å². The number of carbonyl (C=O) groups is 1. The molecule has 0 spiro atoms. The predicted molar refractivity (Wildman–Crippen MR) is 104 cm³/mol. The molecule has 0 radical (unpaired) electrons. The molecular weight excluding hydrogens is 364 g/mol. The number of hydrogen-bond donors (Lipinski definition) is 2. The Morgan fingerprint density at radius 2 is 1.96 bits per heavy atom. The van der Waals surface area contributed by atoms with Gasteiger partial charge in [0.05, 0.1) is 16.3 Å². The highest BCUT2D eigenvalue weighted by Crippen LogP contribution is 2.35. The van der Waals surface area contributed by atoms with Gasteiger partial charge in [0.15, 0.2) is 0 Å². The fourth-order valence-corrected chi connectivity index (χ4v) is 3.63. The topological polar surface area (TPSA) is 73.7 Å². The summed E-state index contributed by atoms with van der Waals surface area (Å²) in [5.41, 5.74) is 3.63. The zero-order chi connectivity index (χ0) is 19.0. The second-order valence-electron chi connectivity index (χ2n) is 6.44. The fraction of sp³-hybridized carbons (Fsp3) is 0.143. The Balaban J connectivity index is 1.72. The van der Waals surface area contributed by atoms with E-state index in [-0.39, 0.29) is 23.0 Å². The SMILES string of the molecule is O=C(c1ccc(O)cc1O)N1CCCc2cc(-c3ncccc3Cl)ccc21. The van der Waals surface area contributed by atoms with Crippen LogP contribution < -0.4 is 4.90 Å². The predicted octanol–water partition coefficient (Wildman–Crippen LogP) is 4.41. The zero-order valence-corrected chi connectivity index (χ0v) is 15.1. The molecule has 0 bridgehead atoms. The maximum atomic E-state index is 13.0. The summed E-state index contributed by atoms with van der Waals surface area (Å²) < 4.78 is 0. The van der Waals surface area contributed by atoms with Crippen LogP contribution in [0.15, 0.2) is 54.7 Å². The third kappa shape index (κ3) is 3.22. The van der Waals surface area contributed by atoms with Gasteiger partial charge in [-0.05, 0) is 54.8 Å². The standard InChI is InChI=1S/C21H17ClN2O3/c22-17-4-1-9-23-20(17)14-5-8-18-13(11-14)3-2-10-24(18)21(27)16-7-6-15(25)12-19(16)26/h1,4-9,11-12,25-26H,2-3,10H2. The summed E-state index contributed by atoms with van der Waals surface area (Å²) in [4.78, 5) is 19.0. The van der Waals surface area contributed by atoms with Crippen molar-refractivity contribution >= 4 is 23.2 Å². The molecule has 1 aliphatic rings. The number of hydrogen-bond acceptors (Lipinski definition) is 4. The quantitative estimate of drug-likeness (QED) is 0.690. The second-order valence-corrected chi connectivity index (χ2v) is 6.85. The molecule has 1 aliphatic heterocycles. The number of anilines is 1. The van der Waals surface area contributed by atoms with E-state index in [9.17, 15) is 15.0 Å². The average Bonchev–Trinajstić information content (AvgIpc) is 2.67. The Hall–Kier alpha value is -3.05. The first-order valence-corrected chi connectivity index (χ1v) is 9.00. The van der Waals surface area contributed by atoms with Crippen molar-refractivity contribution in [3.05, 3.63) is 70.9 Å². The van der Waals surface area contributed by atoms with Crippen LogP contribution in [-0.2, 0) is 6.42 Å². The number of nitrogens with zero attached hydrogens (tertiary/aromatic N) is 2. The molecule has 6 heteroatoms. The molecule has 0 aliphatic carbocycles. The summed E-state index contributed by atoms with van der Waals surface area (Å²) in [7, 11) is 0. The highest BCUT2D eigenvalue weighted by molar-refractivity contribution is 6.33. The van der Waals surface area contributed by atoms with E-state index in [1.165, 1.54) is 18.2 Å². The van der Waals surface area contributed by atoms with Crippen LogP contribution in [0.5, 0.6) is 11.5 Å². The maximum Gasteiger partial charge on any atom is 0.262 e. The van der Waals surface area contributed by atoms with Crippen LogP contribution in [0.25, 0.3) is 11.3 Å². The second kappa shape index (κ2) is 6.93. The Bertz CT molecular complexity index is 1040. The number of benzene rings is 2. The molecule has 2 heterocycles. The normalized spacial score (nSPS) is 13.3. The van der Waals surface area contributed by atoms with Crippen molar-refractivity contribution in [1.29, 1.82) is 0 Å². The molecule has 1 aromatic heterocycles. The number of rotatable bonds is 2. The number of phenolic OH excluding ortho intramolecular Hbond substituents is 2. The first-order chi connectivity index (χ1) is 13.0. The minimum atomic E-state index is -0.294. The zero-order valence-electron chi connectivity index (χ0n) is 14.4.